The van der Waals surface area contributed by atoms with Crippen LogP contribution in [0.3, 0.4) is 0 Å². The van der Waals surface area contributed by atoms with Crippen LogP contribution in [0.2, 0.25) is 0 Å². The maximum absolute atomic E-state index is 13.2. The molecular weight excluding hydrogens is 410 g/mol. The van der Waals surface area contributed by atoms with Crippen LogP contribution in [0.1, 0.15) is 35.7 Å². The van der Waals surface area contributed by atoms with Gasteiger partial charge in [-0.15, -0.1) is 0 Å². The number of hydrogen-bond donors (Lipinski definition) is 0. The number of rotatable bonds is 8. The predicted octanol–water partition coefficient (Wildman–Crippen LogP) is 3.31. The van der Waals surface area contributed by atoms with Gasteiger partial charge in [-0.25, -0.2) is 8.42 Å². The largest absolute Gasteiger partial charge is 0.333 e. The summed E-state index contributed by atoms with van der Waals surface area (Å²) < 4.78 is 27.5. The summed E-state index contributed by atoms with van der Waals surface area (Å²) in [6, 6.07) is 16.3. The van der Waals surface area contributed by atoms with E-state index in [1.807, 2.05) is 54.2 Å². The van der Waals surface area contributed by atoms with Crippen molar-refractivity contribution < 1.29 is 13.2 Å². The Kier molecular flexibility index (Phi) is 7.86. The van der Waals surface area contributed by atoms with Crippen LogP contribution in [0.5, 0.6) is 0 Å². The molecule has 6 nitrogen and oxygen atoms in total. The summed E-state index contributed by atoms with van der Waals surface area (Å²) in [6.45, 7) is 5.12. The van der Waals surface area contributed by atoms with Crippen molar-refractivity contribution in [2.24, 2.45) is 5.92 Å². The van der Waals surface area contributed by atoms with Gasteiger partial charge in [0.25, 0.3) is 5.91 Å². The summed E-state index contributed by atoms with van der Waals surface area (Å²) >= 11 is 0. The Hall–Kier alpha value is -2.22. The monoisotopic (exact) mass is 443 g/mol. The second-order valence-corrected chi connectivity index (χ2v) is 10.6. The fourth-order valence-electron chi connectivity index (χ4n) is 3.70. The average Bonchev–Trinajstić information content (AvgIpc) is 2.77. The topological polar surface area (TPSA) is 60.9 Å². The molecule has 7 heteroatoms. The molecule has 0 aromatic heterocycles. The van der Waals surface area contributed by atoms with Crippen molar-refractivity contribution in [3.8, 4) is 0 Å². The van der Waals surface area contributed by atoms with Gasteiger partial charge in [0.1, 0.15) is 0 Å². The van der Waals surface area contributed by atoms with E-state index in [4.69, 9.17) is 0 Å². The summed E-state index contributed by atoms with van der Waals surface area (Å²) in [4.78, 5) is 17.3. The molecule has 31 heavy (non-hydrogen) atoms. The van der Waals surface area contributed by atoms with Crippen molar-refractivity contribution in [1.29, 1.82) is 0 Å². The van der Waals surface area contributed by atoms with Gasteiger partial charge in [0.2, 0.25) is 10.0 Å². The van der Waals surface area contributed by atoms with Crippen molar-refractivity contribution in [3.63, 3.8) is 0 Å². The lowest BCUT2D eigenvalue weighted by atomic mass is 10.0. The van der Waals surface area contributed by atoms with E-state index in [0.717, 1.165) is 24.9 Å². The number of piperidine rings is 1. The zero-order valence-electron chi connectivity index (χ0n) is 18.7. The lowest BCUT2D eigenvalue weighted by molar-refractivity contribution is 0.0732. The van der Waals surface area contributed by atoms with Crippen LogP contribution in [0, 0.1) is 5.92 Å². The highest BCUT2D eigenvalue weighted by Gasteiger charge is 2.28. The van der Waals surface area contributed by atoms with E-state index < -0.39 is 10.0 Å². The highest BCUT2D eigenvalue weighted by Crippen LogP contribution is 2.24. The fourth-order valence-corrected chi connectivity index (χ4v) is 5.17. The van der Waals surface area contributed by atoms with Gasteiger partial charge in [-0.3, -0.25) is 4.79 Å². The van der Waals surface area contributed by atoms with Gasteiger partial charge in [0.15, 0.2) is 0 Å². The van der Waals surface area contributed by atoms with Crippen molar-refractivity contribution in [3.05, 3.63) is 65.7 Å². The third kappa shape index (κ3) is 6.15. The summed E-state index contributed by atoms with van der Waals surface area (Å²) in [5.74, 6) is 0.464. The average molecular weight is 444 g/mol. The van der Waals surface area contributed by atoms with Gasteiger partial charge in [-0.1, -0.05) is 37.3 Å². The Balaban J connectivity index is 1.75. The van der Waals surface area contributed by atoms with Crippen molar-refractivity contribution in [2.75, 3.05) is 40.3 Å². The first-order valence-electron chi connectivity index (χ1n) is 10.9. The minimum Gasteiger partial charge on any atom is -0.333 e. The maximum atomic E-state index is 13.2. The number of hydrogen-bond acceptors (Lipinski definition) is 4. The van der Waals surface area contributed by atoms with E-state index in [2.05, 4.69) is 6.92 Å². The molecule has 2 aromatic carbocycles. The van der Waals surface area contributed by atoms with E-state index in [-0.39, 0.29) is 10.8 Å². The SMILES string of the molecule is CC1CCN(S(=O)(=O)c2ccc(C(=O)N(CCN(C)C)Cc3ccccc3)cc2)CC1. The number of nitrogens with zero attached hydrogens (tertiary/aromatic N) is 3. The number of sulfonamides is 1. The smallest absolute Gasteiger partial charge is 0.254 e. The molecular formula is C24H33N3O3S. The first-order chi connectivity index (χ1) is 14.8. The molecule has 1 heterocycles. The van der Waals surface area contributed by atoms with Gasteiger partial charge in [0, 0.05) is 38.3 Å². The molecule has 0 radical (unpaired) electrons. The Morgan fingerprint density at radius 1 is 0.968 bits per heavy atom. The Morgan fingerprint density at radius 2 is 1.58 bits per heavy atom. The molecule has 0 aliphatic carbocycles. The van der Waals surface area contributed by atoms with E-state index in [1.165, 1.54) is 0 Å². The van der Waals surface area contributed by atoms with Crippen LogP contribution in [-0.2, 0) is 16.6 Å². The van der Waals surface area contributed by atoms with Crippen LogP contribution in [0.25, 0.3) is 0 Å². The molecule has 1 amide bonds. The van der Waals surface area contributed by atoms with Crippen molar-refractivity contribution in [2.45, 2.75) is 31.2 Å². The lowest BCUT2D eigenvalue weighted by Crippen LogP contribution is -2.38. The van der Waals surface area contributed by atoms with E-state index in [0.29, 0.717) is 37.7 Å². The number of likely N-dealkylation sites (N-methyl/N-ethyl adjacent to an activating group) is 1. The number of carbonyl (C=O) groups is 1. The number of benzene rings is 2. The van der Waals surface area contributed by atoms with Crippen LogP contribution in [0.4, 0.5) is 0 Å². The molecule has 168 valence electrons. The van der Waals surface area contributed by atoms with E-state index in [9.17, 15) is 13.2 Å². The highest BCUT2D eigenvalue weighted by molar-refractivity contribution is 7.89. The zero-order valence-corrected chi connectivity index (χ0v) is 19.5. The van der Waals surface area contributed by atoms with Crippen LogP contribution in [-0.4, -0.2) is 68.7 Å². The molecule has 1 fully saturated rings. The standard InChI is InChI=1S/C24H33N3O3S/c1-20-13-15-27(16-14-20)31(29,30)23-11-9-22(10-12-23)24(28)26(18-17-25(2)3)19-21-7-5-4-6-8-21/h4-12,20H,13-19H2,1-3H3. The molecule has 0 unspecified atom stereocenters. The quantitative estimate of drug-likeness (QED) is 0.628. The van der Waals surface area contributed by atoms with Crippen molar-refractivity contribution >= 4 is 15.9 Å². The Labute approximate surface area is 186 Å². The minimum atomic E-state index is -3.52. The Morgan fingerprint density at radius 3 is 2.16 bits per heavy atom. The third-order valence-corrected chi connectivity index (χ3v) is 7.72. The van der Waals surface area contributed by atoms with Gasteiger partial charge in [0.05, 0.1) is 4.90 Å². The van der Waals surface area contributed by atoms with Crippen LogP contribution in [0.15, 0.2) is 59.5 Å². The molecule has 0 saturated carbocycles. The van der Waals surface area contributed by atoms with Crippen LogP contribution >= 0.6 is 0 Å². The number of amides is 1. The second kappa shape index (κ2) is 10.4. The fraction of sp³-hybridized carbons (Fsp3) is 0.458. The number of carbonyl (C=O) groups excluding carboxylic acids is 1. The van der Waals surface area contributed by atoms with E-state index >= 15 is 0 Å². The Bertz CT molecular complexity index is 951. The van der Waals surface area contributed by atoms with Gasteiger partial charge in [-0.05, 0) is 62.7 Å². The lowest BCUT2D eigenvalue weighted by Gasteiger charge is -2.29. The minimum absolute atomic E-state index is 0.0959. The molecule has 3 rings (SSSR count). The van der Waals surface area contributed by atoms with E-state index in [1.54, 1.807) is 28.6 Å². The zero-order chi connectivity index (χ0) is 22.4. The van der Waals surface area contributed by atoms with Gasteiger partial charge in [-0.2, -0.15) is 4.31 Å². The first kappa shape index (κ1) is 23.4. The molecule has 1 aliphatic rings. The first-order valence-corrected chi connectivity index (χ1v) is 12.3. The molecule has 1 aliphatic heterocycles. The molecule has 2 aromatic rings. The maximum Gasteiger partial charge on any atom is 0.254 e. The normalized spacial score (nSPS) is 15.9. The molecule has 1 saturated heterocycles. The summed E-state index contributed by atoms with van der Waals surface area (Å²) in [6.07, 6.45) is 1.77. The molecule has 0 bridgehead atoms. The highest BCUT2D eigenvalue weighted by atomic mass is 32.2. The van der Waals surface area contributed by atoms with Crippen molar-refractivity contribution in [1.82, 2.24) is 14.1 Å². The summed E-state index contributed by atoms with van der Waals surface area (Å²) in [7, 11) is 0.440. The summed E-state index contributed by atoms with van der Waals surface area (Å²) in [5, 5.41) is 0. The molecule has 0 N–H and O–H groups in total. The third-order valence-electron chi connectivity index (χ3n) is 5.80. The van der Waals surface area contributed by atoms with Gasteiger partial charge < -0.3 is 9.80 Å². The molecule has 0 spiro atoms. The molecule has 0 atom stereocenters. The second-order valence-electron chi connectivity index (χ2n) is 8.63. The van der Waals surface area contributed by atoms with Gasteiger partial charge >= 0.3 is 0 Å². The van der Waals surface area contributed by atoms with Crippen LogP contribution < -0.4 is 0 Å². The summed E-state index contributed by atoms with van der Waals surface area (Å²) in [5.41, 5.74) is 1.56. The predicted molar refractivity (Wildman–Crippen MR) is 123 cm³/mol.